The van der Waals surface area contributed by atoms with Crippen molar-refractivity contribution < 1.29 is 9.47 Å². The molecular weight excluding hydrogens is 240 g/mol. The second-order valence-corrected chi connectivity index (χ2v) is 5.18. The van der Waals surface area contributed by atoms with Crippen LogP contribution in [-0.4, -0.2) is 50.8 Å². The Morgan fingerprint density at radius 2 is 1.68 bits per heavy atom. The van der Waals surface area contributed by atoms with Gasteiger partial charge in [-0.15, -0.1) is 0 Å². The third-order valence-corrected chi connectivity index (χ3v) is 4.02. The van der Waals surface area contributed by atoms with Crippen molar-refractivity contribution in [1.82, 2.24) is 4.90 Å². The van der Waals surface area contributed by atoms with Crippen LogP contribution < -0.4 is 14.4 Å². The summed E-state index contributed by atoms with van der Waals surface area (Å²) in [6.45, 7) is 11.1. The third kappa shape index (κ3) is 2.37. The molecule has 0 unspecified atom stereocenters. The van der Waals surface area contributed by atoms with Gasteiger partial charge in [-0.1, -0.05) is 13.0 Å². The van der Waals surface area contributed by atoms with Gasteiger partial charge in [0, 0.05) is 26.2 Å². The zero-order chi connectivity index (χ0) is 13.2. The van der Waals surface area contributed by atoms with Gasteiger partial charge in [-0.05, 0) is 25.1 Å². The van der Waals surface area contributed by atoms with Crippen LogP contribution in [0.3, 0.4) is 0 Å². The Labute approximate surface area is 114 Å². The number of rotatable bonds is 2. The number of hydrogen-bond acceptors (Lipinski definition) is 4. The van der Waals surface area contributed by atoms with Crippen LogP contribution in [0.4, 0.5) is 5.69 Å². The fourth-order valence-corrected chi connectivity index (χ4v) is 2.81. The summed E-state index contributed by atoms with van der Waals surface area (Å²) in [7, 11) is 0. The van der Waals surface area contributed by atoms with Crippen molar-refractivity contribution in [2.75, 3.05) is 50.8 Å². The zero-order valence-corrected chi connectivity index (χ0v) is 11.8. The van der Waals surface area contributed by atoms with Gasteiger partial charge in [0.05, 0.1) is 5.69 Å². The summed E-state index contributed by atoms with van der Waals surface area (Å²) < 4.78 is 11.6. The summed E-state index contributed by atoms with van der Waals surface area (Å²) in [4.78, 5) is 4.90. The normalized spacial score (nSPS) is 19.6. The number of fused-ring (bicyclic) bond motifs is 1. The lowest BCUT2D eigenvalue weighted by Crippen LogP contribution is -2.46. The highest BCUT2D eigenvalue weighted by molar-refractivity contribution is 5.67. The van der Waals surface area contributed by atoms with Gasteiger partial charge in [0.1, 0.15) is 13.2 Å². The molecular formula is C15H22N2O2. The molecule has 104 valence electrons. The molecule has 19 heavy (non-hydrogen) atoms. The van der Waals surface area contributed by atoms with Crippen LogP contribution in [0.25, 0.3) is 0 Å². The summed E-state index contributed by atoms with van der Waals surface area (Å²) in [6, 6.07) is 4.31. The van der Waals surface area contributed by atoms with Crippen LogP contribution >= 0.6 is 0 Å². The lowest BCUT2D eigenvalue weighted by atomic mass is 10.1. The minimum atomic E-state index is 0.651. The first kappa shape index (κ1) is 12.6. The SMILES string of the molecule is CCN1CCN(c2ccc(C)c3c2OCCO3)CC1. The van der Waals surface area contributed by atoms with Gasteiger partial charge in [0.15, 0.2) is 11.5 Å². The monoisotopic (exact) mass is 262 g/mol. The smallest absolute Gasteiger partial charge is 0.184 e. The minimum absolute atomic E-state index is 0.651. The molecule has 0 aromatic heterocycles. The van der Waals surface area contributed by atoms with E-state index in [1.54, 1.807) is 0 Å². The van der Waals surface area contributed by atoms with Crippen LogP contribution in [-0.2, 0) is 0 Å². The lowest BCUT2D eigenvalue weighted by Gasteiger charge is -2.37. The maximum atomic E-state index is 5.86. The molecule has 1 saturated heterocycles. The first-order chi connectivity index (χ1) is 9.29. The molecule has 0 saturated carbocycles. The second kappa shape index (κ2) is 5.29. The maximum Gasteiger partial charge on any atom is 0.184 e. The fourth-order valence-electron chi connectivity index (χ4n) is 2.81. The Kier molecular flexibility index (Phi) is 3.51. The van der Waals surface area contributed by atoms with E-state index in [4.69, 9.17) is 9.47 Å². The number of aryl methyl sites for hydroxylation is 1. The minimum Gasteiger partial charge on any atom is -0.486 e. The number of nitrogens with zero attached hydrogens (tertiary/aromatic N) is 2. The van der Waals surface area contributed by atoms with Crippen molar-refractivity contribution >= 4 is 5.69 Å². The van der Waals surface area contributed by atoms with Gasteiger partial charge in [-0.25, -0.2) is 0 Å². The molecule has 2 heterocycles. The number of anilines is 1. The van der Waals surface area contributed by atoms with E-state index >= 15 is 0 Å². The molecule has 0 N–H and O–H groups in total. The fraction of sp³-hybridized carbons (Fsp3) is 0.600. The van der Waals surface area contributed by atoms with Crippen LogP contribution in [0.15, 0.2) is 12.1 Å². The van der Waals surface area contributed by atoms with Gasteiger partial charge >= 0.3 is 0 Å². The van der Waals surface area contributed by atoms with E-state index in [1.165, 1.54) is 5.69 Å². The Hall–Kier alpha value is -1.42. The Balaban J connectivity index is 1.85. The molecule has 1 aromatic rings. The molecule has 2 aliphatic heterocycles. The average molecular weight is 262 g/mol. The quantitative estimate of drug-likeness (QED) is 0.813. The van der Waals surface area contributed by atoms with Gasteiger partial charge in [-0.2, -0.15) is 0 Å². The van der Waals surface area contributed by atoms with Gasteiger partial charge < -0.3 is 19.3 Å². The van der Waals surface area contributed by atoms with E-state index in [9.17, 15) is 0 Å². The van der Waals surface area contributed by atoms with E-state index in [0.29, 0.717) is 13.2 Å². The molecule has 0 spiro atoms. The first-order valence-corrected chi connectivity index (χ1v) is 7.16. The van der Waals surface area contributed by atoms with Crippen LogP contribution in [0, 0.1) is 6.92 Å². The molecule has 3 rings (SSSR count). The third-order valence-electron chi connectivity index (χ3n) is 4.02. The Morgan fingerprint density at radius 1 is 1.00 bits per heavy atom. The highest BCUT2D eigenvalue weighted by atomic mass is 16.6. The predicted octanol–water partition coefficient (Wildman–Crippen LogP) is 1.91. The summed E-state index contributed by atoms with van der Waals surface area (Å²) in [5.41, 5.74) is 2.35. The van der Waals surface area contributed by atoms with Crippen molar-refractivity contribution in [3.63, 3.8) is 0 Å². The highest BCUT2D eigenvalue weighted by Crippen LogP contribution is 2.42. The van der Waals surface area contributed by atoms with Gasteiger partial charge in [-0.3, -0.25) is 0 Å². The van der Waals surface area contributed by atoms with E-state index in [1.807, 2.05) is 0 Å². The van der Waals surface area contributed by atoms with E-state index in [0.717, 1.165) is 49.8 Å². The van der Waals surface area contributed by atoms with Crippen molar-refractivity contribution in [2.24, 2.45) is 0 Å². The van der Waals surface area contributed by atoms with Crippen molar-refractivity contribution in [2.45, 2.75) is 13.8 Å². The molecule has 0 radical (unpaired) electrons. The highest BCUT2D eigenvalue weighted by Gasteiger charge is 2.24. The van der Waals surface area contributed by atoms with Crippen LogP contribution in [0.1, 0.15) is 12.5 Å². The Morgan fingerprint density at radius 3 is 2.37 bits per heavy atom. The molecule has 0 atom stereocenters. The molecule has 4 nitrogen and oxygen atoms in total. The van der Waals surface area contributed by atoms with Crippen molar-refractivity contribution in [3.8, 4) is 11.5 Å². The molecule has 0 bridgehead atoms. The largest absolute Gasteiger partial charge is 0.486 e. The zero-order valence-electron chi connectivity index (χ0n) is 11.8. The lowest BCUT2D eigenvalue weighted by molar-refractivity contribution is 0.170. The average Bonchev–Trinajstić information content (AvgIpc) is 2.48. The van der Waals surface area contributed by atoms with Crippen molar-refractivity contribution in [3.05, 3.63) is 17.7 Å². The summed E-state index contributed by atoms with van der Waals surface area (Å²) >= 11 is 0. The molecule has 0 amide bonds. The number of benzene rings is 1. The maximum absolute atomic E-state index is 5.86. The molecule has 4 heteroatoms. The van der Waals surface area contributed by atoms with Crippen LogP contribution in [0.5, 0.6) is 11.5 Å². The standard InChI is InChI=1S/C15H22N2O2/c1-3-16-6-8-17(9-7-16)13-5-4-12(2)14-15(13)19-11-10-18-14/h4-5H,3,6-11H2,1-2H3. The van der Waals surface area contributed by atoms with E-state index in [2.05, 4.69) is 35.8 Å². The van der Waals surface area contributed by atoms with Gasteiger partial charge in [0.2, 0.25) is 0 Å². The first-order valence-electron chi connectivity index (χ1n) is 7.16. The Bertz CT molecular complexity index is 454. The van der Waals surface area contributed by atoms with Crippen LogP contribution in [0.2, 0.25) is 0 Å². The second-order valence-electron chi connectivity index (χ2n) is 5.18. The number of ether oxygens (including phenoxy) is 2. The molecule has 2 aliphatic rings. The van der Waals surface area contributed by atoms with E-state index in [-0.39, 0.29) is 0 Å². The number of piperazine rings is 1. The summed E-state index contributed by atoms with van der Waals surface area (Å²) in [6.07, 6.45) is 0. The van der Waals surface area contributed by atoms with E-state index < -0.39 is 0 Å². The van der Waals surface area contributed by atoms with Crippen molar-refractivity contribution in [1.29, 1.82) is 0 Å². The number of likely N-dealkylation sites (N-methyl/N-ethyl adjacent to an activating group) is 1. The predicted molar refractivity (Wildman–Crippen MR) is 76.5 cm³/mol. The topological polar surface area (TPSA) is 24.9 Å². The molecule has 1 fully saturated rings. The number of hydrogen-bond donors (Lipinski definition) is 0. The molecule has 1 aromatic carbocycles. The molecule has 0 aliphatic carbocycles. The summed E-state index contributed by atoms with van der Waals surface area (Å²) in [5.74, 6) is 1.87. The van der Waals surface area contributed by atoms with Gasteiger partial charge in [0.25, 0.3) is 0 Å². The summed E-state index contributed by atoms with van der Waals surface area (Å²) in [5, 5.41) is 0.